The van der Waals surface area contributed by atoms with Crippen LogP contribution in [0.25, 0.3) is 10.9 Å². The summed E-state index contributed by atoms with van der Waals surface area (Å²) < 4.78 is 8.16. The van der Waals surface area contributed by atoms with Crippen LogP contribution < -0.4 is 0 Å². The van der Waals surface area contributed by atoms with Gasteiger partial charge in [-0.2, -0.15) is 0 Å². The quantitative estimate of drug-likeness (QED) is 0.776. The molecule has 0 fully saturated rings. The molecule has 0 aliphatic carbocycles. The maximum absolute atomic E-state index is 5.77. The molecule has 1 heterocycles. The zero-order valence-electron chi connectivity index (χ0n) is 12.0. The van der Waals surface area contributed by atoms with Crippen LogP contribution >= 0.6 is 0 Å². The van der Waals surface area contributed by atoms with E-state index in [1.54, 1.807) is 0 Å². The summed E-state index contributed by atoms with van der Waals surface area (Å²) >= 11 is 0. The van der Waals surface area contributed by atoms with Gasteiger partial charge in [-0.25, -0.2) is 0 Å². The molecule has 0 atom stereocenters. The van der Waals surface area contributed by atoms with Gasteiger partial charge < -0.3 is 9.30 Å². The number of hydrogen-bond acceptors (Lipinski definition) is 1. The normalized spacial score (nSPS) is 11.9. The van der Waals surface area contributed by atoms with Crippen molar-refractivity contribution in [3.8, 4) is 0 Å². The number of nitrogens with zero attached hydrogens (tertiary/aromatic N) is 1. The minimum absolute atomic E-state index is 0.268. The van der Waals surface area contributed by atoms with Crippen molar-refractivity contribution in [1.82, 2.24) is 4.57 Å². The van der Waals surface area contributed by atoms with Crippen molar-refractivity contribution >= 4 is 10.9 Å². The van der Waals surface area contributed by atoms with Gasteiger partial charge in [-0.15, -0.1) is 0 Å². The number of ether oxygens (including phenoxy) is 1. The molecule has 0 aliphatic rings. The molecule has 0 saturated carbocycles. The average Bonchev–Trinajstić information content (AvgIpc) is 2.66. The van der Waals surface area contributed by atoms with Gasteiger partial charge in [-0.05, 0) is 46.2 Å². The number of hydrogen-bond donors (Lipinski definition) is 0. The number of para-hydroxylation sites is 1. The highest BCUT2D eigenvalue weighted by Crippen LogP contribution is 2.27. The van der Waals surface area contributed by atoms with Crippen LogP contribution in [-0.2, 0) is 11.3 Å². The van der Waals surface area contributed by atoms with Crippen LogP contribution in [0.2, 0.25) is 0 Å². The Hall–Kier alpha value is -1.28. The zero-order chi connectivity index (χ0) is 13.3. The molecule has 0 amide bonds. The maximum atomic E-state index is 5.77. The van der Waals surface area contributed by atoms with Crippen LogP contribution in [0.3, 0.4) is 0 Å². The number of fused-ring (bicyclic) bond motifs is 1. The van der Waals surface area contributed by atoms with Crippen LogP contribution in [0.1, 0.15) is 45.0 Å². The predicted molar refractivity (Wildman–Crippen MR) is 77.0 cm³/mol. The third-order valence-corrected chi connectivity index (χ3v) is 3.22. The second-order valence-electron chi connectivity index (χ2n) is 5.47. The number of rotatable bonds is 4. The molecule has 18 heavy (non-hydrogen) atoms. The first kappa shape index (κ1) is 13.2. The molecular weight excluding hydrogens is 222 g/mol. The van der Waals surface area contributed by atoms with E-state index < -0.39 is 0 Å². The van der Waals surface area contributed by atoms with Gasteiger partial charge >= 0.3 is 0 Å². The highest BCUT2D eigenvalue weighted by Gasteiger charge is 2.13. The number of aryl methyl sites for hydroxylation is 1. The molecule has 1 aromatic carbocycles. The lowest BCUT2D eigenvalue weighted by atomic mass is 10.1. The third kappa shape index (κ3) is 2.44. The van der Waals surface area contributed by atoms with Crippen LogP contribution in [-0.4, -0.2) is 10.7 Å². The van der Waals surface area contributed by atoms with E-state index in [2.05, 4.69) is 63.5 Å². The summed E-state index contributed by atoms with van der Waals surface area (Å²) in [5, 5.41) is 1.31. The van der Waals surface area contributed by atoms with E-state index in [1.807, 2.05) is 0 Å². The molecule has 0 aliphatic heterocycles. The minimum atomic E-state index is 0.268. The maximum Gasteiger partial charge on any atom is 0.0871 e. The fourth-order valence-electron chi connectivity index (χ4n) is 2.47. The van der Waals surface area contributed by atoms with Crippen molar-refractivity contribution in [3.05, 3.63) is 35.5 Å². The topological polar surface area (TPSA) is 14.2 Å². The fourth-order valence-corrected chi connectivity index (χ4v) is 2.47. The summed E-state index contributed by atoms with van der Waals surface area (Å²) in [5.74, 6) is 0. The molecule has 1 aromatic heterocycles. The first-order valence-corrected chi connectivity index (χ1v) is 6.71. The second kappa shape index (κ2) is 5.15. The largest absolute Gasteiger partial charge is 0.373 e. The van der Waals surface area contributed by atoms with Gasteiger partial charge in [-0.3, -0.25) is 0 Å². The number of aromatic nitrogens is 1. The van der Waals surface area contributed by atoms with E-state index in [9.17, 15) is 0 Å². The molecule has 2 nitrogen and oxygen atoms in total. The van der Waals surface area contributed by atoms with Gasteiger partial charge in [0, 0.05) is 17.1 Å². The lowest BCUT2D eigenvalue weighted by molar-refractivity contribution is 0.0615. The number of benzene rings is 1. The summed E-state index contributed by atoms with van der Waals surface area (Å²) in [4.78, 5) is 0. The van der Waals surface area contributed by atoms with Gasteiger partial charge in [0.15, 0.2) is 0 Å². The van der Waals surface area contributed by atoms with Gasteiger partial charge in [0.2, 0.25) is 0 Å². The molecule has 0 radical (unpaired) electrons. The Morgan fingerprint density at radius 2 is 1.89 bits per heavy atom. The Bertz CT molecular complexity index is 537. The summed E-state index contributed by atoms with van der Waals surface area (Å²) in [6.45, 7) is 11.5. The highest BCUT2D eigenvalue weighted by molar-refractivity contribution is 5.84. The van der Waals surface area contributed by atoms with Gasteiger partial charge in [0.1, 0.15) is 0 Å². The average molecular weight is 245 g/mol. The molecule has 0 unspecified atom stereocenters. The van der Waals surface area contributed by atoms with Crippen molar-refractivity contribution in [2.45, 2.75) is 53.4 Å². The Labute approximate surface area is 110 Å². The zero-order valence-corrected chi connectivity index (χ0v) is 12.0. The van der Waals surface area contributed by atoms with Crippen LogP contribution in [0, 0.1) is 6.92 Å². The van der Waals surface area contributed by atoms with Crippen LogP contribution in [0.15, 0.2) is 24.3 Å². The van der Waals surface area contributed by atoms with Gasteiger partial charge in [0.25, 0.3) is 0 Å². The fraction of sp³-hybridized carbons (Fsp3) is 0.500. The van der Waals surface area contributed by atoms with E-state index in [1.165, 1.54) is 22.2 Å². The lowest BCUT2D eigenvalue weighted by Crippen LogP contribution is -2.10. The van der Waals surface area contributed by atoms with Crippen LogP contribution in [0.4, 0.5) is 0 Å². The molecule has 0 N–H and O–H groups in total. The second-order valence-corrected chi connectivity index (χ2v) is 5.47. The van der Waals surface area contributed by atoms with E-state index in [0.717, 1.165) is 0 Å². The van der Waals surface area contributed by atoms with Crippen LogP contribution in [0.5, 0.6) is 0 Å². The Morgan fingerprint density at radius 1 is 1.17 bits per heavy atom. The van der Waals surface area contributed by atoms with Gasteiger partial charge in [-0.1, -0.05) is 18.2 Å². The van der Waals surface area contributed by atoms with Crippen molar-refractivity contribution in [1.29, 1.82) is 0 Å². The molecule has 0 spiro atoms. The summed E-state index contributed by atoms with van der Waals surface area (Å²) in [6.07, 6.45) is 0.268. The standard InChI is InChI=1S/C16H23NO/c1-11(2)17-15(10-18-12(3)4)9-14-8-6-7-13(5)16(14)17/h6-9,11-12H,10H2,1-5H3. The van der Waals surface area contributed by atoms with Crippen molar-refractivity contribution in [3.63, 3.8) is 0 Å². The summed E-state index contributed by atoms with van der Waals surface area (Å²) in [5.41, 5.74) is 3.94. The summed E-state index contributed by atoms with van der Waals surface area (Å²) in [6, 6.07) is 9.18. The van der Waals surface area contributed by atoms with Crippen molar-refractivity contribution in [2.75, 3.05) is 0 Å². The van der Waals surface area contributed by atoms with E-state index in [4.69, 9.17) is 4.74 Å². The first-order valence-electron chi connectivity index (χ1n) is 6.71. The SMILES string of the molecule is Cc1cccc2cc(COC(C)C)n(C(C)C)c12. The molecule has 98 valence electrons. The van der Waals surface area contributed by atoms with Crippen molar-refractivity contribution in [2.24, 2.45) is 0 Å². The Balaban J connectivity index is 2.52. The Morgan fingerprint density at radius 3 is 2.50 bits per heavy atom. The molecule has 0 bridgehead atoms. The monoisotopic (exact) mass is 245 g/mol. The molecule has 0 saturated heterocycles. The predicted octanol–water partition coefficient (Wildman–Crippen LogP) is 4.46. The van der Waals surface area contributed by atoms with E-state index in [-0.39, 0.29) is 6.10 Å². The smallest absolute Gasteiger partial charge is 0.0871 e. The lowest BCUT2D eigenvalue weighted by Gasteiger charge is -2.17. The third-order valence-electron chi connectivity index (χ3n) is 3.22. The summed E-state index contributed by atoms with van der Waals surface area (Å²) in [7, 11) is 0. The molecular formula is C16H23NO. The highest BCUT2D eigenvalue weighted by atomic mass is 16.5. The Kier molecular flexibility index (Phi) is 3.76. The molecule has 2 aromatic rings. The first-order chi connectivity index (χ1) is 8.50. The van der Waals surface area contributed by atoms with Gasteiger partial charge in [0.05, 0.1) is 18.2 Å². The minimum Gasteiger partial charge on any atom is -0.373 e. The van der Waals surface area contributed by atoms with E-state index in [0.29, 0.717) is 12.6 Å². The molecule has 2 heteroatoms. The van der Waals surface area contributed by atoms with Crippen molar-refractivity contribution < 1.29 is 4.74 Å². The van der Waals surface area contributed by atoms with E-state index >= 15 is 0 Å². The molecule has 2 rings (SSSR count).